The Balaban J connectivity index is 1.63. The third-order valence-electron chi connectivity index (χ3n) is 3.84. The lowest BCUT2D eigenvalue weighted by Gasteiger charge is -2.21. The summed E-state index contributed by atoms with van der Waals surface area (Å²) in [5.74, 6) is 1.08. The zero-order chi connectivity index (χ0) is 18.1. The molecular formula is C18H26N4O2S. The molecule has 25 heavy (non-hydrogen) atoms. The molecule has 2 rings (SSSR count). The molecule has 0 aliphatic heterocycles. The van der Waals surface area contributed by atoms with Crippen molar-refractivity contribution in [3.05, 3.63) is 46.0 Å². The van der Waals surface area contributed by atoms with Gasteiger partial charge in [-0.2, -0.15) is 0 Å². The molecule has 0 radical (unpaired) electrons. The SMILES string of the molecule is CN=C(NCCCNC(=O)c1occc1C)N(C)CCc1cccs1. The number of carbonyl (C=O) groups excluding carboxylic acids is 1. The van der Waals surface area contributed by atoms with Crippen LogP contribution in [0, 0.1) is 6.92 Å². The molecule has 0 aromatic carbocycles. The van der Waals surface area contributed by atoms with E-state index < -0.39 is 0 Å². The van der Waals surface area contributed by atoms with Gasteiger partial charge in [-0.3, -0.25) is 9.79 Å². The third kappa shape index (κ3) is 5.94. The summed E-state index contributed by atoms with van der Waals surface area (Å²) in [6.45, 7) is 4.10. The second-order valence-electron chi connectivity index (χ2n) is 5.77. The molecule has 2 heterocycles. The largest absolute Gasteiger partial charge is 0.459 e. The fourth-order valence-electron chi connectivity index (χ4n) is 2.40. The number of carbonyl (C=O) groups is 1. The number of likely N-dealkylation sites (N-methyl/N-ethyl adjacent to an activating group) is 1. The first-order chi connectivity index (χ1) is 12.1. The number of nitrogens with one attached hydrogen (secondary N) is 2. The maximum absolute atomic E-state index is 11.9. The predicted octanol–water partition coefficient (Wildman–Crippen LogP) is 2.52. The van der Waals surface area contributed by atoms with E-state index in [0.717, 1.165) is 37.5 Å². The van der Waals surface area contributed by atoms with Gasteiger partial charge in [0.25, 0.3) is 5.91 Å². The van der Waals surface area contributed by atoms with Crippen LogP contribution >= 0.6 is 11.3 Å². The van der Waals surface area contributed by atoms with E-state index >= 15 is 0 Å². The molecule has 0 atom stereocenters. The summed E-state index contributed by atoms with van der Waals surface area (Å²) in [5, 5.41) is 8.29. The van der Waals surface area contributed by atoms with E-state index in [1.54, 1.807) is 24.5 Å². The average molecular weight is 362 g/mol. The Labute approximate surface area is 152 Å². The van der Waals surface area contributed by atoms with E-state index in [0.29, 0.717) is 12.3 Å². The summed E-state index contributed by atoms with van der Waals surface area (Å²) in [7, 11) is 3.82. The molecule has 0 bridgehead atoms. The van der Waals surface area contributed by atoms with Crippen molar-refractivity contribution in [1.82, 2.24) is 15.5 Å². The number of amides is 1. The molecule has 0 saturated heterocycles. The van der Waals surface area contributed by atoms with Crippen molar-refractivity contribution < 1.29 is 9.21 Å². The smallest absolute Gasteiger partial charge is 0.287 e. The Hall–Kier alpha value is -2.28. The molecule has 2 aromatic heterocycles. The Bertz CT molecular complexity index is 679. The number of thiophene rings is 1. The summed E-state index contributed by atoms with van der Waals surface area (Å²) in [5.41, 5.74) is 0.850. The molecule has 2 aromatic rings. The van der Waals surface area contributed by atoms with Gasteiger partial charge in [0, 0.05) is 44.2 Å². The highest BCUT2D eigenvalue weighted by Gasteiger charge is 2.11. The van der Waals surface area contributed by atoms with Crippen LogP contribution in [0.1, 0.15) is 27.4 Å². The first kappa shape index (κ1) is 19.1. The van der Waals surface area contributed by atoms with Crippen molar-refractivity contribution >= 4 is 23.2 Å². The molecule has 0 saturated carbocycles. The number of nitrogens with zero attached hydrogens (tertiary/aromatic N) is 2. The van der Waals surface area contributed by atoms with Gasteiger partial charge >= 0.3 is 0 Å². The van der Waals surface area contributed by atoms with Gasteiger partial charge in [-0.05, 0) is 37.3 Å². The van der Waals surface area contributed by atoms with Crippen LogP contribution in [0.15, 0.2) is 39.3 Å². The predicted molar refractivity (Wildman–Crippen MR) is 102 cm³/mol. The first-order valence-electron chi connectivity index (χ1n) is 8.38. The topological polar surface area (TPSA) is 69.9 Å². The average Bonchev–Trinajstić information content (AvgIpc) is 3.27. The molecule has 2 N–H and O–H groups in total. The number of guanidine groups is 1. The first-order valence-corrected chi connectivity index (χ1v) is 9.26. The number of hydrogen-bond donors (Lipinski definition) is 2. The van der Waals surface area contributed by atoms with Gasteiger partial charge < -0.3 is 20.0 Å². The molecule has 1 amide bonds. The summed E-state index contributed by atoms with van der Waals surface area (Å²) in [6, 6.07) is 6.01. The lowest BCUT2D eigenvalue weighted by atomic mass is 10.2. The molecule has 0 aliphatic carbocycles. The zero-order valence-electron chi connectivity index (χ0n) is 15.0. The van der Waals surface area contributed by atoms with Crippen molar-refractivity contribution in [3.8, 4) is 0 Å². The minimum atomic E-state index is -0.167. The number of hydrogen-bond acceptors (Lipinski definition) is 4. The maximum atomic E-state index is 11.9. The van der Waals surface area contributed by atoms with E-state index in [2.05, 4.69) is 38.0 Å². The van der Waals surface area contributed by atoms with Crippen LogP contribution < -0.4 is 10.6 Å². The van der Waals surface area contributed by atoms with Crippen molar-refractivity contribution in [3.63, 3.8) is 0 Å². The van der Waals surface area contributed by atoms with Gasteiger partial charge in [0.2, 0.25) is 0 Å². The monoisotopic (exact) mass is 362 g/mol. The third-order valence-corrected chi connectivity index (χ3v) is 4.77. The maximum Gasteiger partial charge on any atom is 0.287 e. The van der Waals surface area contributed by atoms with Gasteiger partial charge in [-0.15, -0.1) is 11.3 Å². The molecule has 136 valence electrons. The van der Waals surface area contributed by atoms with Gasteiger partial charge in [0.15, 0.2) is 11.7 Å². The summed E-state index contributed by atoms with van der Waals surface area (Å²) >= 11 is 1.78. The highest BCUT2D eigenvalue weighted by atomic mass is 32.1. The second-order valence-corrected chi connectivity index (χ2v) is 6.80. The lowest BCUT2D eigenvalue weighted by Crippen LogP contribution is -2.41. The molecular weight excluding hydrogens is 336 g/mol. The minimum absolute atomic E-state index is 0.167. The molecule has 0 unspecified atom stereocenters. The summed E-state index contributed by atoms with van der Waals surface area (Å²) < 4.78 is 5.18. The Kier molecular flexibility index (Phi) is 7.53. The van der Waals surface area contributed by atoms with Crippen LogP contribution in [-0.4, -0.2) is 50.5 Å². The van der Waals surface area contributed by atoms with Crippen LogP contribution in [0.2, 0.25) is 0 Å². The van der Waals surface area contributed by atoms with Crippen LogP contribution in [0.4, 0.5) is 0 Å². The molecule has 6 nitrogen and oxygen atoms in total. The molecule has 0 spiro atoms. The van der Waals surface area contributed by atoms with E-state index in [-0.39, 0.29) is 5.91 Å². The van der Waals surface area contributed by atoms with Gasteiger partial charge in [0.05, 0.1) is 6.26 Å². The Morgan fingerprint density at radius 3 is 2.76 bits per heavy atom. The van der Waals surface area contributed by atoms with Gasteiger partial charge in [-0.25, -0.2) is 0 Å². The van der Waals surface area contributed by atoms with Crippen LogP contribution in [-0.2, 0) is 6.42 Å². The fraction of sp³-hybridized carbons (Fsp3) is 0.444. The van der Waals surface area contributed by atoms with E-state index in [4.69, 9.17) is 4.42 Å². The van der Waals surface area contributed by atoms with Crippen molar-refractivity contribution in [2.45, 2.75) is 19.8 Å². The number of rotatable bonds is 8. The fourth-order valence-corrected chi connectivity index (χ4v) is 3.10. The minimum Gasteiger partial charge on any atom is -0.459 e. The van der Waals surface area contributed by atoms with Gasteiger partial charge in [0.1, 0.15) is 0 Å². The van der Waals surface area contributed by atoms with Crippen LogP contribution in [0.5, 0.6) is 0 Å². The normalized spacial score (nSPS) is 11.4. The number of aryl methyl sites for hydroxylation is 1. The van der Waals surface area contributed by atoms with Gasteiger partial charge in [-0.1, -0.05) is 6.07 Å². The van der Waals surface area contributed by atoms with Crippen molar-refractivity contribution in [2.24, 2.45) is 4.99 Å². The summed E-state index contributed by atoms with van der Waals surface area (Å²) in [6.07, 6.45) is 3.35. The zero-order valence-corrected chi connectivity index (χ0v) is 15.9. The molecule has 0 fully saturated rings. The van der Waals surface area contributed by atoms with E-state index in [9.17, 15) is 4.79 Å². The quantitative estimate of drug-likeness (QED) is 0.430. The number of furan rings is 1. The van der Waals surface area contributed by atoms with Crippen molar-refractivity contribution in [2.75, 3.05) is 33.7 Å². The standard InChI is InChI=1S/C18H26N4O2S/c1-14-8-12-24-16(14)17(23)20-9-5-10-21-18(19-2)22(3)11-7-15-6-4-13-25-15/h4,6,8,12-13H,5,7,9-11H2,1-3H3,(H,19,21)(H,20,23). The Morgan fingerprint density at radius 2 is 2.12 bits per heavy atom. The highest BCUT2D eigenvalue weighted by Crippen LogP contribution is 2.09. The van der Waals surface area contributed by atoms with Crippen LogP contribution in [0.3, 0.4) is 0 Å². The number of aliphatic imine (C=N–C) groups is 1. The molecule has 0 aliphatic rings. The Morgan fingerprint density at radius 1 is 1.32 bits per heavy atom. The highest BCUT2D eigenvalue weighted by molar-refractivity contribution is 7.09. The van der Waals surface area contributed by atoms with Crippen molar-refractivity contribution in [1.29, 1.82) is 0 Å². The lowest BCUT2D eigenvalue weighted by molar-refractivity contribution is 0.0925. The van der Waals surface area contributed by atoms with E-state index in [1.165, 1.54) is 11.1 Å². The second kappa shape index (κ2) is 9.88. The molecule has 7 heteroatoms. The van der Waals surface area contributed by atoms with Crippen LogP contribution in [0.25, 0.3) is 0 Å². The summed E-state index contributed by atoms with van der Waals surface area (Å²) in [4.78, 5) is 19.7. The van der Waals surface area contributed by atoms with E-state index in [1.807, 2.05) is 14.0 Å².